The van der Waals surface area contributed by atoms with Gasteiger partial charge in [-0.2, -0.15) is 0 Å². The molecule has 0 saturated heterocycles. The van der Waals surface area contributed by atoms with Crippen molar-refractivity contribution in [1.29, 1.82) is 0 Å². The predicted octanol–water partition coefficient (Wildman–Crippen LogP) is 6.34. The smallest absolute Gasteiger partial charge is 0.165 e. The zero-order chi connectivity index (χ0) is 18.8. The second-order valence-electron chi connectivity index (χ2n) is 7.67. The molecule has 1 aromatic rings. The summed E-state index contributed by atoms with van der Waals surface area (Å²) in [5.41, 5.74) is 0.835. The van der Waals surface area contributed by atoms with Crippen molar-refractivity contribution in [2.75, 3.05) is 0 Å². The van der Waals surface area contributed by atoms with Crippen LogP contribution < -0.4 is 0 Å². The second-order valence-corrected chi connectivity index (χ2v) is 7.67. The molecule has 2 heteroatoms. The van der Waals surface area contributed by atoms with Crippen LogP contribution in [0.3, 0.4) is 0 Å². The summed E-state index contributed by atoms with van der Waals surface area (Å²) < 4.78 is 0. The van der Waals surface area contributed by atoms with Gasteiger partial charge in [0.15, 0.2) is 5.78 Å². The van der Waals surface area contributed by atoms with E-state index in [2.05, 4.69) is 20.8 Å². The molecule has 1 aliphatic rings. The Morgan fingerprint density at radius 1 is 1.00 bits per heavy atom. The van der Waals surface area contributed by atoms with Crippen LogP contribution in [0, 0.1) is 23.7 Å². The molecule has 3 atom stereocenters. The molecular weight excluding hydrogens is 308 g/mol. The summed E-state index contributed by atoms with van der Waals surface area (Å²) in [4.78, 5) is 24.7. The predicted molar refractivity (Wildman–Crippen MR) is 106 cm³/mol. The van der Waals surface area contributed by atoms with Crippen molar-refractivity contribution in [2.24, 2.45) is 23.7 Å². The molecule has 25 heavy (non-hydrogen) atoms. The number of Topliss-reactive ketones (excluding diaryl/α,β-unsaturated/α-hetero) is 2. The lowest BCUT2D eigenvalue weighted by Gasteiger charge is -2.32. The van der Waals surface area contributed by atoms with Gasteiger partial charge in [-0.15, -0.1) is 0 Å². The topological polar surface area (TPSA) is 34.1 Å². The molecule has 0 radical (unpaired) electrons. The Labute approximate surface area is 154 Å². The molecule has 0 spiro atoms. The quantitative estimate of drug-likeness (QED) is 0.541. The highest BCUT2D eigenvalue weighted by atomic mass is 16.1. The summed E-state index contributed by atoms with van der Waals surface area (Å²) in [6.07, 6.45) is 5.57. The minimum absolute atomic E-state index is 0.138. The van der Waals surface area contributed by atoms with E-state index in [9.17, 15) is 9.59 Å². The summed E-state index contributed by atoms with van der Waals surface area (Å²) in [6, 6.07) is 9.65. The molecule has 0 aliphatic heterocycles. The number of ketones is 2. The number of hydrogen-bond acceptors (Lipinski definition) is 2. The molecule has 2 unspecified atom stereocenters. The molecule has 1 aromatic carbocycles. The summed E-state index contributed by atoms with van der Waals surface area (Å²) in [5.74, 6) is 2.15. The third-order valence-electron chi connectivity index (χ3n) is 5.13. The van der Waals surface area contributed by atoms with Crippen molar-refractivity contribution in [3.05, 3.63) is 35.9 Å². The molecule has 0 bridgehead atoms. The first-order valence-electron chi connectivity index (χ1n) is 10.1. The average Bonchev–Trinajstić information content (AvgIpc) is 2.63. The Bertz CT molecular complexity index is 518. The van der Waals surface area contributed by atoms with E-state index in [4.69, 9.17) is 0 Å². The van der Waals surface area contributed by atoms with Crippen LogP contribution in [0.2, 0.25) is 0 Å². The van der Waals surface area contributed by atoms with Crippen LogP contribution in [0.25, 0.3) is 0 Å². The van der Waals surface area contributed by atoms with Crippen LogP contribution in [0.15, 0.2) is 30.3 Å². The minimum atomic E-state index is 0.138. The van der Waals surface area contributed by atoms with Gasteiger partial charge < -0.3 is 0 Å². The summed E-state index contributed by atoms with van der Waals surface area (Å²) >= 11 is 0. The van der Waals surface area contributed by atoms with Crippen LogP contribution in [-0.4, -0.2) is 11.6 Å². The Hall–Kier alpha value is -1.44. The van der Waals surface area contributed by atoms with Gasteiger partial charge in [0.2, 0.25) is 0 Å². The van der Waals surface area contributed by atoms with Crippen LogP contribution in [0.5, 0.6) is 0 Å². The first kappa shape index (κ1) is 21.6. The molecule has 0 N–H and O–H groups in total. The van der Waals surface area contributed by atoms with Crippen molar-refractivity contribution in [1.82, 2.24) is 0 Å². The van der Waals surface area contributed by atoms with Crippen molar-refractivity contribution in [3.8, 4) is 0 Å². The van der Waals surface area contributed by atoms with Crippen molar-refractivity contribution in [2.45, 2.75) is 73.1 Å². The summed E-state index contributed by atoms with van der Waals surface area (Å²) in [6.45, 7) is 10.4. The van der Waals surface area contributed by atoms with Gasteiger partial charge in [-0.25, -0.2) is 0 Å². The molecule has 1 fully saturated rings. The highest BCUT2D eigenvalue weighted by molar-refractivity contribution is 5.97. The van der Waals surface area contributed by atoms with E-state index in [1.807, 2.05) is 44.2 Å². The van der Waals surface area contributed by atoms with Gasteiger partial charge in [-0.3, -0.25) is 9.59 Å². The Morgan fingerprint density at radius 3 is 2.24 bits per heavy atom. The highest BCUT2D eigenvalue weighted by Crippen LogP contribution is 2.36. The molecule has 0 aromatic heterocycles. The maximum atomic E-state index is 12.7. The van der Waals surface area contributed by atoms with E-state index >= 15 is 0 Å². The number of hydrogen-bond donors (Lipinski definition) is 0. The monoisotopic (exact) mass is 344 g/mol. The molecule has 1 aliphatic carbocycles. The first-order valence-corrected chi connectivity index (χ1v) is 10.1. The minimum Gasteiger partial charge on any atom is -0.300 e. The normalized spacial score (nSPS) is 21.2. The Kier molecular flexibility index (Phi) is 9.70. The van der Waals surface area contributed by atoms with E-state index in [1.54, 1.807) is 0 Å². The van der Waals surface area contributed by atoms with Crippen LogP contribution in [0.4, 0.5) is 0 Å². The van der Waals surface area contributed by atoms with E-state index < -0.39 is 0 Å². The van der Waals surface area contributed by atoms with Gasteiger partial charge in [-0.1, -0.05) is 77.8 Å². The fourth-order valence-corrected chi connectivity index (χ4v) is 3.89. The highest BCUT2D eigenvalue weighted by Gasteiger charge is 2.31. The second kappa shape index (κ2) is 11.2. The van der Waals surface area contributed by atoms with E-state index in [0.717, 1.165) is 31.2 Å². The number of carbonyl (C=O) groups is 2. The third kappa shape index (κ3) is 7.13. The average molecular weight is 345 g/mol. The third-order valence-corrected chi connectivity index (χ3v) is 5.13. The van der Waals surface area contributed by atoms with Gasteiger partial charge in [0.05, 0.1) is 0 Å². The van der Waals surface area contributed by atoms with Gasteiger partial charge in [0.1, 0.15) is 5.78 Å². The maximum absolute atomic E-state index is 12.7. The van der Waals surface area contributed by atoms with Crippen LogP contribution in [-0.2, 0) is 4.79 Å². The Morgan fingerprint density at radius 2 is 1.64 bits per heavy atom. The molecular formula is C23H36O2. The summed E-state index contributed by atoms with van der Waals surface area (Å²) in [5, 5.41) is 0. The fourth-order valence-electron chi connectivity index (χ4n) is 3.89. The lowest BCUT2D eigenvalue weighted by molar-refractivity contribution is -0.121. The zero-order valence-corrected chi connectivity index (χ0v) is 16.8. The SMILES string of the molecule is CC.CC(C)CC(=O)C[C@@H](C)C1CCCC(C(=O)c2ccccc2)C1. The largest absolute Gasteiger partial charge is 0.300 e. The van der Waals surface area contributed by atoms with Crippen molar-refractivity contribution < 1.29 is 9.59 Å². The van der Waals surface area contributed by atoms with E-state index in [-0.39, 0.29) is 11.7 Å². The lowest BCUT2D eigenvalue weighted by atomic mass is 9.72. The molecule has 0 amide bonds. The van der Waals surface area contributed by atoms with E-state index in [0.29, 0.717) is 36.4 Å². The Balaban J connectivity index is 0.00000151. The van der Waals surface area contributed by atoms with Gasteiger partial charge in [0, 0.05) is 24.3 Å². The lowest BCUT2D eigenvalue weighted by Crippen LogP contribution is -2.27. The number of carbonyl (C=O) groups excluding carboxylic acids is 2. The zero-order valence-electron chi connectivity index (χ0n) is 16.8. The van der Waals surface area contributed by atoms with Crippen LogP contribution in [0.1, 0.15) is 83.5 Å². The fraction of sp³-hybridized carbons (Fsp3) is 0.652. The molecule has 140 valence electrons. The van der Waals surface area contributed by atoms with Gasteiger partial charge in [-0.05, 0) is 30.6 Å². The molecule has 0 heterocycles. The number of benzene rings is 1. The standard InChI is InChI=1S/C21H30O2.C2H6/c1-15(2)12-20(22)13-16(3)18-10-7-11-19(14-18)21(23)17-8-5-4-6-9-17;1-2/h4-6,8-9,15-16,18-19H,7,10-14H2,1-3H3;1-2H3/t16-,18?,19?;/m1./s1. The molecule has 2 rings (SSSR count). The van der Waals surface area contributed by atoms with E-state index in [1.165, 1.54) is 0 Å². The van der Waals surface area contributed by atoms with Crippen LogP contribution >= 0.6 is 0 Å². The summed E-state index contributed by atoms with van der Waals surface area (Å²) in [7, 11) is 0. The van der Waals surface area contributed by atoms with Gasteiger partial charge >= 0.3 is 0 Å². The molecule has 1 saturated carbocycles. The number of rotatable bonds is 7. The van der Waals surface area contributed by atoms with Gasteiger partial charge in [0.25, 0.3) is 0 Å². The first-order chi connectivity index (χ1) is 12.0. The molecule has 2 nitrogen and oxygen atoms in total. The van der Waals surface area contributed by atoms with Crippen molar-refractivity contribution in [3.63, 3.8) is 0 Å². The maximum Gasteiger partial charge on any atom is 0.165 e. The van der Waals surface area contributed by atoms with Crippen molar-refractivity contribution >= 4 is 11.6 Å².